The monoisotopic (exact) mass is 520 g/mol. The highest BCUT2D eigenvalue weighted by molar-refractivity contribution is 6.01. The Balaban J connectivity index is 2.36. The lowest BCUT2D eigenvalue weighted by Gasteiger charge is -2.19. The molecule has 1 aliphatic rings. The maximum Gasteiger partial charge on any atom is 0.407 e. The number of esters is 1. The summed E-state index contributed by atoms with van der Waals surface area (Å²) in [5, 5.41) is 2.98. The minimum absolute atomic E-state index is 0.00526. The van der Waals surface area contributed by atoms with E-state index in [0.717, 1.165) is 0 Å². The van der Waals surface area contributed by atoms with Gasteiger partial charge in [-0.3, -0.25) is 14.4 Å². The van der Waals surface area contributed by atoms with Gasteiger partial charge in [-0.25, -0.2) is 9.59 Å². The molecule has 1 unspecified atom stereocenters. The summed E-state index contributed by atoms with van der Waals surface area (Å²) in [5.41, 5.74) is 0. The van der Waals surface area contributed by atoms with Gasteiger partial charge in [0.15, 0.2) is 6.29 Å². The van der Waals surface area contributed by atoms with Gasteiger partial charge in [-0.2, -0.15) is 0 Å². The summed E-state index contributed by atoms with van der Waals surface area (Å²) in [5.74, 6) is -2.23. The van der Waals surface area contributed by atoms with Crippen LogP contribution in [-0.2, 0) is 52.4 Å². The number of nitrogens with one attached hydrogen (secondary N) is 1. The van der Waals surface area contributed by atoms with Gasteiger partial charge in [0, 0.05) is 53.1 Å². The van der Waals surface area contributed by atoms with Crippen LogP contribution in [0.15, 0.2) is 0 Å². The quantitative estimate of drug-likeness (QED) is 0.102. The summed E-state index contributed by atoms with van der Waals surface area (Å²) < 4.78 is 30.9. The van der Waals surface area contributed by atoms with Crippen LogP contribution in [0.2, 0.25) is 0 Å². The van der Waals surface area contributed by atoms with Crippen LogP contribution in [0.5, 0.6) is 0 Å². The van der Waals surface area contributed by atoms with Gasteiger partial charge in [-0.1, -0.05) is 0 Å². The Morgan fingerprint density at radius 1 is 0.806 bits per heavy atom. The zero-order chi connectivity index (χ0) is 26.6. The molecule has 1 N–H and O–H groups in total. The molecule has 1 rings (SSSR count). The first-order valence-corrected chi connectivity index (χ1v) is 11.7. The number of imide groups is 1. The van der Waals surface area contributed by atoms with E-state index in [-0.39, 0.29) is 70.9 Å². The van der Waals surface area contributed by atoms with E-state index in [2.05, 4.69) is 5.32 Å². The van der Waals surface area contributed by atoms with Crippen LogP contribution in [-0.4, -0.2) is 102 Å². The molecule has 0 aromatic rings. The van der Waals surface area contributed by atoms with Crippen LogP contribution in [0.1, 0.15) is 44.9 Å². The summed E-state index contributed by atoms with van der Waals surface area (Å²) in [4.78, 5) is 63.0. The second-order valence-corrected chi connectivity index (χ2v) is 7.48. The van der Waals surface area contributed by atoms with Crippen molar-refractivity contribution in [1.82, 2.24) is 10.4 Å². The highest BCUT2D eigenvalue weighted by Crippen LogP contribution is 2.14. The van der Waals surface area contributed by atoms with Crippen molar-refractivity contribution < 1.29 is 57.2 Å². The zero-order valence-electron chi connectivity index (χ0n) is 20.8. The van der Waals surface area contributed by atoms with Crippen molar-refractivity contribution in [2.24, 2.45) is 0 Å². The number of ether oxygens (including phenoxy) is 6. The van der Waals surface area contributed by atoms with Gasteiger partial charge in [0.05, 0.1) is 19.8 Å². The van der Waals surface area contributed by atoms with Gasteiger partial charge in [0.1, 0.15) is 13.2 Å². The first-order valence-electron chi connectivity index (χ1n) is 11.7. The molecule has 1 atom stereocenters. The molecule has 0 bridgehead atoms. The van der Waals surface area contributed by atoms with E-state index in [4.69, 9.17) is 33.3 Å². The molecule has 0 radical (unpaired) electrons. The van der Waals surface area contributed by atoms with Crippen LogP contribution in [0.3, 0.4) is 0 Å². The highest BCUT2D eigenvalue weighted by atomic mass is 16.7. The number of carbonyl (C=O) groups is 5. The van der Waals surface area contributed by atoms with Gasteiger partial charge >= 0.3 is 18.0 Å². The summed E-state index contributed by atoms with van der Waals surface area (Å²) >= 11 is 0. The molecule has 0 aliphatic carbocycles. The number of hydroxylamine groups is 2. The SMILES string of the molecule is COCCCC(=O)OCCOC(CCCC(=O)ON1C(=O)CCC1=O)OCCOC(=O)NCCOC. The Bertz CT molecular complexity index is 657. The Hall–Kier alpha value is -2.81. The topological polar surface area (TPSA) is 165 Å². The average molecular weight is 521 g/mol. The smallest absolute Gasteiger partial charge is 0.407 e. The number of amides is 3. The number of alkyl carbamates (subject to hydrolysis) is 1. The Kier molecular flexibility index (Phi) is 16.8. The standard InChI is InChI=1S/C22H36N2O12/c1-30-11-4-6-19(27)32-13-14-33-21(34-15-16-35-22(29)23-10-12-31-2)7-3-5-20(28)36-24-17(25)8-9-18(24)26/h21H,3-16H2,1-2H3,(H,23,29). The van der Waals surface area contributed by atoms with Crippen LogP contribution in [0.4, 0.5) is 4.79 Å². The lowest BCUT2D eigenvalue weighted by atomic mass is 10.2. The molecule has 1 fully saturated rings. The molecule has 3 amide bonds. The largest absolute Gasteiger partial charge is 0.463 e. The van der Waals surface area contributed by atoms with Crippen LogP contribution in [0.25, 0.3) is 0 Å². The fraction of sp³-hybridized carbons (Fsp3) is 0.773. The second kappa shape index (κ2) is 19.4. The highest BCUT2D eigenvalue weighted by Gasteiger charge is 2.32. The first kappa shape index (κ1) is 31.2. The molecule has 1 saturated heterocycles. The summed E-state index contributed by atoms with van der Waals surface area (Å²) in [6, 6.07) is 0. The van der Waals surface area contributed by atoms with Crippen molar-refractivity contribution in [2.45, 2.75) is 51.2 Å². The van der Waals surface area contributed by atoms with Crippen molar-refractivity contribution >= 4 is 29.8 Å². The fourth-order valence-electron chi connectivity index (χ4n) is 2.82. The summed E-state index contributed by atoms with van der Waals surface area (Å²) in [7, 11) is 3.05. The minimum atomic E-state index is -0.791. The molecule has 0 aromatic carbocycles. The van der Waals surface area contributed by atoms with Crippen LogP contribution >= 0.6 is 0 Å². The molecule has 0 spiro atoms. The predicted molar refractivity (Wildman–Crippen MR) is 120 cm³/mol. The zero-order valence-corrected chi connectivity index (χ0v) is 20.8. The number of hydrogen-bond donors (Lipinski definition) is 1. The minimum Gasteiger partial charge on any atom is -0.463 e. The molecule has 14 nitrogen and oxygen atoms in total. The third-order valence-corrected chi connectivity index (χ3v) is 4.59. The second-order valence-electron chi connectivity index (χ2n) is 7.48. The molecule has 14 heteroatoms. The summed E-state index contributed by atoms with van der Waals surface area (Å²) in [6.45, 7) is 1.12. The third-order valence-electron chi connectivity index (χ3n) is 4.59. The Morgan fingerprint density at radius 2 is 1.42 bits per heavy atom. The fourth-order valence-corrected chi connectivity index (χ4v) is 2.82. The average Bonchev–Trinajstić information content (AvgIpc) is 3.16. The van der Waals surface area contributed by atoms with Gasteiger partial charge < -0.3 is 38.6 Å². The molecular formula is C22H36N2O12. The maximum atomic E-state index is 12.0. The third kappa shape index (κ3) is 14.6. The molecular weight excluding hydrogens is 484 g/mol. The molecule has 0 saturated carbocycles. The normalized spacial score (nSPS) is 14.0. The van der Waals surface area contributed by atoms with Crippen molar-refractivity contribution in [1.29, 1.82) is 0 Å². The van der Waals surface area contributed by atoms with E-state index in [1.165, 1.54) is 7.11 Å². The molecule has 1 heterocycles. The van der Waals surface area contributed by atoms with Crippen molar-refractivity contribution in [3.8, 4) is 0 Å². The van der Waals surface area contributed by atoms with E-state index in [1.807, 2.05) is 0 Å². The van der Waals surface area contributed by atoms with Gasteiger partial charge in [-0.05, 0) is 19.3 Å². The predicted octanol–water partition coefficient (Wildman–Crippen LogP) is 0.466. The molecule has 0 aromatic heterocycles. The van der Waals surface area contributed by atoms with Crippen LogP contribution < -0.4 is 5.32 Å². The van der Waals surface area contributed by atoms with Crippen molar-refractivity contribution in [3.05, 3.63) is 0 Å². The lowest BCUT2D eigenvalue weighted by Crippen LogP contribution is -2.32. The number of rotatable bonds is 20. The maximum absolute atomic E-state index is 12.0. The van der Waals surface area contributed by atoms with E-state index in [1.54, 1.807) is 7.11 Å². The van der Waals surface area contributed by atoms with Crippen molar-refractivity contribution in [2.75, 3.05) is 60.4 Å². The van der Waals surface area contributed by atoms with E-state index >= 15 is 0 Å². The molecule has 1 aliphatic heterocycles. The van der Waals surface area contributed by atoms with E-state index < -0.39 is 30.2 Å². The van der Waals surface area contributed by atoms with Gasteiger partial charge in [-0.15, -0.1) is 5.06 Å². The van der Waals surface area contributed by atoms with E-state index in [9.17, 15) is 24.0 Å². The Morgan fingerprint density at radius 3 is 2.06 bits per heavy atom. The van der Waals surface area contributed by atoms with Gasteiger partial charge in [0.25, 0.3) is 11.8 Å². The molecule has 36 heavy (non-hydrogen) atoms. The number of methoxy groups -OCH3 is 2. The lowest BCUT2D eigenvalue weighted by molar-refractivity contribution is -0.198. The number of nitrogens with zero attached hydrogens (tertiary/aromatic N) is 1. The van der Waals surface area contributed by atoms with E-state index in [0.29, 0.717) is 31.2 Å². The summed E-state index contributed by atoms with van der Waals surface area (Å²) in [6.07, 6.45) is -0.199. The number of carbonyl (C=O) groups excluding carboxylic acids is 5. The van der Waals surface area contributed by atoms with Crippen molar-refractivity contribution in [3.63, 3.8) is 0 Å². The van der Waals surface area contributed by atoms with Crippen LogP contribution in [0, 0.1) is 0 Å². The van der Waals surface area contributed by atoms with Gasteiger partial charge in [0.2, 0.25) is 0 Å². The Labute approximate surface area is 209 Å². The number of hydrogen-bond acceptors (Lipinski definition) is 12. The molecule has 206 valence electrons. The first-order chi connectivity index (χ1) is 17.4.